The minimum absolute atomic E-state index is 0.105. The van der Waals surface area contributed by atoms with Crippen molar-refractivity contribution in [2.75, 3.05) is 12.0 Å². The highest BCUT2D eigenvalue weighted by atomic mass is 16.6. The molecule has 33 heavy (non-hydrogen) atoms. The van der Waals surface area contributed by atoms with E-state index in [2.05, 4.69) is 0 Å². The molecule has 3 aromatic carbocycles. The first-order valence-electron chi connectivity index (χ1n) is 11.1. The summed E-state index contributed by atoms with van der Waals surface area (Å²) in [6, 6.07) is 24.9. The van der Waals surface area contributed by atoms with Crippen molar-refractivity contribution >= 4 is 17.6 Å². The van der Waals surface area contributed by atoms with Gasteiger partial charge in [-0.15, -0.1) is 0 Å². The lowest BCUT2D eigenvalue weighted by atomic mass is 9.82. The zero-order chi connectivity index (χ0) is 23.6. The lowest BCUT2D eigenvalue weighted by Crippen LogP contribution is -2.35. The fourth-order valence-corrected chi connectivity index (χ4v) is 4.31. The normalized spacial score (nSPS) is 16.3. The Morgan fingerprint density at radius 3 is 2.21 bits per heavy atom. The number of para-hydroxylation sites is 1. The molecule has 0 saturated carbocycles. The summed E-state index contributed by atoms with van der Waals surface area (Å²) < 4.78 is 11.1. The first kappa shape index (κ1) is 22.6. The van der Waals surface area contributed by atoms with Crippen molar-refractivity contribution < 1.29 is 19.1 Å². The molecule has 0 spiro atoms. The second-order valence-corrected chi connectivity index (χ2v) is 9.23. The van der Waals surface area contributed by atoms with Crippen molar-refractivity contribution in [2.24, 2.45) is 0 Å². The first-order valence-corrected chi connectivity index (χ1v) is 11.1. The number of methoxy groups -OCH3 is 1. The number of amides is 1. The summed E-state index contributed by atoms with van der Waals surface area (Å²) in [5.74, 6) is -1.28. The van der Waals surface area contributed by atoms with Crippen LogP contribution in [0.5, 0.6) is 5.75 Å². The van der Waals surface area contributed by atoms with Gasteiger partial charge in [0.2, 0.25) is 5.91 Å². The Balaban J connectivity index is 1.78. The number of benzene rings is 3. The van der Waals surface area contributed by atoms with Crippen molar-refractivity contribution in [3.05, 3.63) is 95.6 Å². The molecule has 0 saturated heterocycles. The molecule has 0 fully saturated rings. The molecule has 3 aromatic rings. The van der Waals surface area contributed by atoms with E-state index in [9.17, 15) is 9.59 Å². The summed E-state index contributed by atoms with van der Waals surface area (Å²) in [6.45, 7) is 5.95. The van der Waals surface area contributed by atoms with Gasteiger partial charge in [0.15, 0.2) is 0 Å². The molecule has 5 nitrogen and oxygen atoms in total. The Hall–Kier alpha value is -3.60. The molecule has 0 aromatic heterocycles. The van der Waals surface area contributed by atoms with E-state index in [0.717, 1.165) is 22.4 Å². The Morgan fingerprint density at radius 1 is 0.939 bits per heavy atom. The number of esters is 1. The summed E-state index contributed by atoms with van der Waals surface area (Å²) in [5.41, 5.74) is 2.75. The fraction of sp³-hybridized carbons (Fsp3) is 0.286. The van der Waals surface area contributed by atoms with Crippen LogP contribution in [0.3, 0.4) is 0 Å². The van der Waals surface area contributed by atoms with Crippen LogP contribution < -0.4 is 9.64 Å². The summed E-state index contributed by atoms with van der Waals surface area (Å²) in [4.78, 5) is 29.1. The maximum atomic E-state index is 13.9. The molecular weight excluding hydrogens is 414 g/mol. The Labute approximate surface area is 194 Å². The molecule has 1 heterocycles. The van der Waals surface area contributed by atoms with Gasteiger partial charge in [-0.2, -0.15) is 0 Å². The number of hydrogen-bond acceptors (Lipinski definition) is 4. The van der Waals surface area contributed by atoms with Crippen molar-refractivity contribution in [2.45, 2.75) is 44.8 Å². The van der Waals surface area contributed by atoms with Gasteiger partial charge < -0.3 is 14.4 Å². The van der Waals surface area contributed by atoms with Crippen molar-refractivity contribution in [3.8, 4) is 5.75 Å². The molecule has 4 rings (SSSR count). The zero-order valence-electron chi connectivity index (χ0n) is 19.4. The molecule has 2 unspecified atom stereocenters. The van der Waals surface area contributed by atoms with Crippen LogP contribution in [-0.4, -0.2) is 24.6 Å². The Kier molecular flexibility index (Phi) is 6.23. The average Bonchev–Trinajstić information content (AvgIpc) is 3.06. The summed E-state index contributed by atoms with van der Waals surface area (Å²) >= 11 is 0. The van der Waals surface area contributed by atoms with E-state index in [1.807, 2.05) is 87.5 Å². The van der Waals surface area contributed by atoms with Gasteiger partial charge in [-0.3, -0.25) is 9.59 Å². The van der Waals surface area contributed by atoms with Crippen LogP contribution in [0.4, 0.5) is 5.69 Å². The van der Waals surface area contributed by atoms with Gasteiger partial charge in [0.25, 0.3) is 0 Å². The summed E-state index contributed by atoms with van der Waals surface area (Å²) in [7, 11) is 1.60. The summed E-state index contributed by atoms with van der Waals surface area (Å²) in [5, 5.41) is 0. The van der Waals surface area contributed by atoms with Gasteiger partial charge in [-0.25, -0.2) is 0 Å². The van der Waals surface area contributed by atoms with Gasteiger partial charge in [-0.1, -0.05) is 60.7 Å². The van der Waals surface area contributed by atoms with E-state index in [-0.39, 0.29) is 5.91 Å². The maximum Gasteiger partial charge on any atom is 0.315 e. The molecule has 0 aliphatic carbocycles. The monoisotopic (exact) mass is 443 g/mol. The van der Waals surface area contributed by atoms with Gasteiger partial charge in [0, 0.05) is 5.69 Å². The van der Waals surface area contributed by atoms with Crippen LogP contribution in [0.1, 0.15) is 49.3 Å². The zero-order valence-corrected chi connectivity index (χ0v) is 19.4. The van der Waals surface area contributed by atoms with Crippen LogP contribution in [0, 0.1) is 0 Å². The van der Waals surface area contributed by atoms with E-state index in [1.165, 1.54) is 0 Å². The van der Waals surface area contributed by atoms with Crippen molar-refractivity contribution in [1.82, 2.24) is 0 Å². The highest BCUT2D eigenvalue weighted by molar-refractivity contribution is 6.08. The van der Waals surface area contributed by atoms with E-state index in [4.69, 9.17) is 9.47 Å². The highest BCUT2D eigenvalue weighted by Crippen LogP contribution is 2.46. The lowest BCUT2D eigenvalue weighted by molar-refractivity contribution is -0.158. The third-order valence-electron chi connectivity index (χ3n) is 5.75. The molecule has 0 radical (unpaired) electrons. The van der Waals surface area contributed by atoms with Gasteiger partial charge in [0.05, 0.1) is 25.5 Å². The average molecular weight is 444 g/mol. The second kappa shape index (κ2) is 9.10. The van der Waals surface area contributed by atoms with Crippen LogP contribution in [0.25, 0.3) is 0 Å². The van der Waals surface area contributed by atoms with E-state index < -0.39 is 23.4 Å². The molecule has 5 heteroatoms. The number of ether oxygens (including phenoxy) is 2. The number of hydrogen-bond donors (Lipinski definition) is 0. The van der Waals surface area contributed by atoms with Crippen molar-refractivity contribution in [3.63, 3.8) is 0 Å². The number of nitrogens with zero attached hydrogens (tertiary/aromatic N) is 1. The fourth-order valence-electron chi connectivity index (χ4n) is 4.31. The third-order valence-corrected chi connectivity index (χ3v) is 5.75. The quantitative estimate of drug-likeness (QED) is 0.475. The van der Waals surface area contributed by atoms with Crippen LogP contribution in [0.2, 0.25) is 0 Å². The van der Waals surface area contributed by atoms with Crippen molar-refractivity contribution in [1.29, 1.82) is 0 Å². The molecule has 0 bridgehead atoms. The number of rotatable bonds is 6. The molecule has 1 amide bonds. The Morgan fingerprint density at radius 2 is 1.58 bits per heavy atom. The summed E-state index contributed by atoms with van der Waals surface area (Å²) in [6.07, 6.45) is 0. The predicted octanol–water partition coefficient (Wildman–Crippen LogP) is 5.45. The third kappa shape index (κ3) is 4.77. The highest BCUT2D eigenvalue weighted by Gasteiger charge is 2.46. The van der Waals surface area contributed by atoms with Crippen LogP contribution in [0.15, 0.2) is 78.9 Å². The minimum Gasteiger partial charge on any atom is -0.497 e. The molecule has 170 valence electrons. The van der Waals surface area contributed by atoms with E-state index >= 15 is 0 Å². The topological polar surface area (TPSA) is 55.8 Å². The van der Waals surface area contributed by atoms with Crippen LogP contribution >= 0.6 is 0 Å². The molecule has 1 aliphatic heterocycles. The predicted molar refractivity (Wildman–Crippen MR) is 128 cm³/mol. The van der Waals surface area contributed by atoms with Crippen LogP contribution in [-0.2, 0) is 20.9 Å². The molecular formula is C28H29NO4. The van der Waals surface area contributed by atoms with E-state index in [0.29, 0.717) is 12.3 Å². The number of carbonyl (C=O) groups is 2. The first-order chi connectivity index (χ1) is 15.8. The molecule has 2 atom stereocenters. The van der Waals surface area contributed by atoms with Gasteiger partial charge >= 0.3 is 5.97 Å². The molecule has 1 aliphatic rings. The number of anilines is 1. The molecule has 0 N–H and O–H groups in total. The largest absolute Gasteiger partial charge is 0.497 e. The Bertz CT molecular complexity index is 1130. The lowest BCUT2D eigenvalue weighted by Gasteiger charge is -2.27. The maximum absolute atomic E-state index is 13.9. The van der Waals surface area contributed by atoms with E-state index in [1.54, 1.807) is 24.1 Å². The smallest absolute Gasteiger partial charge is 0.315 e. The number of carbonyl (C=O) groups excluding carboxylic acids is 2. The van der Waals surface area contributed by atoms with Gasteiger partial charge in [-0.05, 0) is 55.7 Å². The second-order valence-electron chi connectivity index (χ2n) is 9.23. The van der Waals surface area contributed by atoms with Gasteiger partial charge in [0.1, 0.15) is 11.4 Å². The minimum atomic E-state index is -0.774. The number of fused-ring (bicyclic) bond motifs is 1. The SMILES string of the molecule is COc1ccc(C(C(=O)OC(C)(C)C)C2C(=O)N(Cc3ccccc3)c3ccccc32)cc1. The standard InChI is InChI=1S/C28H29NO4/c1-28(2,3)33-27(31)24(20-14-16-21(32-4)17-15-20)25-22-12-8-9-13-23(22)29(26(25)30)18-19-10-6-5-7-11-19/h5-17,24-25H,18H2,1-4H3.